The molecule has 1 N–H and O–H groups in total. The van der Waals surface area contributed by atoms with Crippen LogP contribution in [0.4, 0.5) is 0 Å². The third kappa shape index (κ3) is 3.03. The molecule has 2 bridgehead atoms. The van der Waals surface area contributed by atoms with Crippen LogP contribution in [0.25, 0.3) is 5.57 Å². The van der Waals surface area contributed by atoms with E-state index in [1.54, 1.807) is 0 Å². The van der Waals surface area contributed by atoms with Gasteiger partial charge in [0.25, 0.3) is 5.91 Å². The molecule has 0 aromatic heterocycles. The Labute approximate surface area is 171 Å². The molecule has 0 radical (unpaired) electrons. The van der Waals surface area contributed by atoms with Gasteiger partial charge >= 0.3 is 0 Å². The number of hydrogen-bond acceptors (Lipinski definition) is 2. The summed E-state index contributed by atoms with van der Waals surface area (Å²) < 4.78 is 0. The number of nitrogens with zero attached hydrogens (tertiary/aromatic N) is 1. The zero-order chi connectivity index (χ0) is 19.3. The van der Waals surface area contributed by atoms with E-state index >= 15 is 0 Å². The molecule has 1 amide bonds. The number of rotatable bonds is 3. The summed E-state index contributed by atoms with van der Waals surface area (Å²) >= 11 is 0. The second-order valence-electron chi connectivity index (χ2n) is 10.1. The van der Waals surface area contributed by atoms with E-state index in [1.165, 1.54) is 62.7 Å². The number of likely N-dealkylation sites (tertiary alicyclic amines) is 1. The molecule has 3 heteroatoms. The van der Waals surface area contributed by atoms with Crippen molar-refractivity contribution in [3.8, 4) is 0 Å². The summed E-state index contributed by atoms with van der Waals surface area (Å²) in [6.45, 7) is 6.51. The van der Waals surface area contributed by atoms with Crippen molar-refractivity contribution in [3.63, 3.8) is 0 Å². The summed E-state index contributed by atoms with van der Waals surface area (Å²) in [7, 11) is 0. The van der Waals surface area contributed by atoms with E-state index in [0.29, 0.717) is 0 Å². The van der Waals surface area contributed by atoms with Crippen molar-refractivity contribution in [3.05, 3.63) is 41.5 Å². The van der Waals surface area contributed by atoms with Crippen LogP contribution in [0.15, 0.2) is 30.3 Å². The topological polar surface area (TPSA) is 32.3 Å². The van der Waals surface area contributed by atoms with Crippen LogP contribution in [0.5, 0.6) is 0 Å². The minimum absolute atomic E-state index is 0. The first-order valence-electron chi connectivity index (χ1n) is 11.4. The quantitative estimate of drug-likeness (QED) is 0.819. The molecule has 1 aliphatic heterocycles. The molecule has 1 unspecified atom stereocenters. The van der Waals surface area contributed by atoms with Crippen molar-refractivity contribution < 1.29 is 6.22 Å². The first-order chi connectivity index (χ1) is 13.6. The van der Waals surface area contributed by atoms with Crippen molar-refractivity contribution in [2.24, 2.45) is 11.8 Å². The molecular formula is C25H36N2O. The van der Waals surface area contributed by atoms with Crippen molar-refractivity contribution in [2.45, 2.75) is 76.3 Å². The third-order valence-corrected chi connectivity index (χ3v) is 8.07. The van der Waals surface area contributed by atoms with Gasteiger partial charge in [-0.3, -0.25) is 4.79 Å². The Balaban J connectivity index is 0.00000205. The van der Waals surface area contributed by atoms with Crippen LogP contribution in [0.3, 0.4) is 0 Å². The lowest BCUT2D eigenvalue weighted by atomic mass is 9.65. The summed E-state index contributed by atoms with van der Waals surface area (Å²) in [5, 5.41) is 3.09. The zero-order valence-corrected chi connectivity index (χ0v) is 17.4. The number of carbonyl (C=O) groups excluding carboxylic acids is 1. The van der Waals surface area contributed by atoms with E-state index in [2.05, 4.69) is 40.6 Å². The lowest BCUT2D eigenvalue weighted by molar-refractivity contribution is -0.116. The van der Waals surface area contributed by atoms with E-state index in [9.17, 15) is 4.79 Å². The van der Waals surface area contributed by atoms with Crippen LogP contribution < -0.4 is 5.32 Å². The normalized spacial score (nSPS) is 31.1. The molecule has 152 valence electrons. The lowest BCUT2D eigenvalue weighted by Crippen LogP contribution is -2.49. The molecule has 1 aromatic carbocycles. The van der Waals surface area contributed by atoms with Crippen molar-refractivity contribution >= 4 is 11.5 Å². The average Bonchev–Trinajstić information content (AvgIpc) is 3.32. The van der Waals surface area contributed by atoms with Crippen LogP contribution in [0, 0.1) is 11.8 Å². The van der Waals surface area contributed by atoms with Crippen molar-refractivity contribution in [2.75, 3.05) is 13.1 Å². The lowest BCUT2D eigenvalue weighted by Gasteiger charge is -2.47. The standard InChI is InChI=1S/C25H34N2O.H2/c1-17(2)26-24(28)21-9-10-25(22-6-4-3-5-20(21)22)11-13-27(14-12-25)23-16-18-7-8-19(23)15-18;/h3-6,9,17-19,23H,7-8,10-16H2,1-2H3,(H,26,28);1H/t18-,19-,23?;/m1./s1. The SMILES string of the molecule is CC(C)NC(=O)C1=CCC2(CCN(C3C[C@@H]4CC[C@@H]3C4)CC2)c2ccccc21.[HH]. The van der Waals surface area contributed by atoms with Crippen molar-refractivity contribution in [1.29, 1.82) is 0 Å². The van der Waals surface area contributed by atoms with E-state index in [0.717, 1.165) is 29.9 Å². The van der Waals surface area contributed by atoms with Gasteiger partial charge in [-0.1, -0.05) is 36.8 Å². The van der Waals surface area contributed by atoms with E-state index in [-0.39, 0.29) is 18.8 Å². The van der Waals surface area contributed by atoms with Crippen LogP contribution in [-0.2, 0) is 10.2 Å². The fourth-order valence-electron chi connectivity index (χ4n) is 6.67. The van der Waals surface area contributed by atoms with Gasteiger partial charge in [-0.15, -0.1) is 0 Å². The molecule has 3 nitrogen and oxygen atoms in total. The summed E-state index contributed by atoms with van der Waals surface area (Å²) in [5.74, 6) is 2.08. The second kappa shape index (κ2) is 7.02. The molecule has 1 aromatic rings. The molecule has 3 atom stereocenters. The number of nitrogens with one attached hydrogen (secondary N) is 1. The highest BCUT2D eigenvalue weighted by atomic mass is 16.1. The van der Waals surface area contributed by atoms with Gasteiger partial charge < -0.3 is 10.2 Å². The second-order valence-corrected chi connectivity index (χ2v) is 10.1. The Morgan fingerprint density at radius 3 is 2.64 bits per heavy atom. The Kier molecular flexibility index (Phi) is 4.62. The van der Waals surface area contributed by atoms with Crippen LogP contribution >= 0.6 is 0 Å². The largest absolute Gasteiger partial charge is 0.350 e. The Morgan fingerprint density at radius 2 is 1.96 bits per heavy atom. The predicted octanol–water partition coefficient (Wildman–Crippen LogP) is 4.77. The van der Waals surface area contributed by atoms with Gasteiger partial charge in [0.15, 0.2) is 0 Å². The predicted molar refractivity (Wildman–Crippen MR) is 116 cm³/mol. The molecule has 2 saturated carbocycles. The molecular weight excluding hydrogens is 344 g/mol. The smallest absolute Gasteiger partial charge is 0.251 e. The van der Waals surface area contributed by atoms with Crippen molar-refractivity contribution in [1.82, 2.24) is 10.2 Å². The highest BCUT2D eigenvalue weighted by Crippen LogP contribution is 2.50. The van der Waals surface area contributed by atoms with E-state index in [1.807, 2.05) is 13.8 Å². The fourth-order valence-corrected chi connectivity index (χ4v) is 6.67. The molecule has 3 aliphatic carbocycles. The van der Waals surface area contributed by atoms with Crippen LogP contribution in [0.2, 0.25) is 0 Å². The number of allylic oxidation sites excluding steroid dienone is 1. The fraction of sp³-hybridized carbons (Fsp3) is 0.640. The van der Waals surface area contributed by atoms with E-state index < -0.39 is 0 Å². The molecule has 28 heavy (non-hydrogen) atoms. The van der Waals surface area contributed by atoms with Gasteiger partial charge in [0.2, 0.25) is 0 Å². The Morgan fingerprint density at radius 1 is 1.18 bits per heavy atom. The summed E-state index contributed by atoms with van der Waals surface area (Å²) in [6, 6.07) is 9.71. The number of benzene rings is 1. The molecule has 5 rings (SSSR count). The molecule has 1 heterocycles. The van der Waals surface area contributed by atoms with E-state index in [4.69, 9.17) is 0 Å². The number of amides is 1. The number of hydrogen-bond donors (Lipinski definition) is 1. The first kappa shape index (κ1) is 18.4. The summed E-state index contributed by atoms with van der Waals surface area (Å²) in [5.41, 5.74) is 3.69. The molecule has 1 spiro atoms. The Bertz CT molecular complexity index is 794. The Hall–Kier alpha value is -1.61. The zero-order valence-electron chi connectivity index (χ0n) is 17.4. The third-order valence-electron chi connectivity index (χ3n) is 8.07. The molecule has 3 fully saturated rings. The average molecular weight is 381 g/mol. The highest BCUT2D eigenvalue weighted by molar-refractivity contribution is 6.20. The van der Waals surface area contributed by atoms with Gasteiger partial charge in [-0.25, -0.2) is 0 Å². The van der Waals surface area contributed by atoms with Crippen LogP contribution in [-0.4, -0.2) is 36.0 Å². The molecule has 4 aliphatic rings. The monoisotopic (exact) mass is 380 g/mol. The number of fused-ring (bicyclic) bond motifs is 4. The first-order valence-corrected chi connectivity index (χ1v) is 11.4. The van der Waals surface area contributed by atoms with Gasteiger partial charge in [0, 0.05) is 24.5 Å². The van der Waals surface area contributed by atoms with Crippen LogP contribution in [0.1, 0.15) is 71.3 Å². The van der Waals surface area contributed by atoms with Gasteiger partial charge in [0.1, 0.15) is 0 Å². The summed E-state index contributed by atoms with van der Waals surface area (Å²) in [6.07, 6.45) is 11.6. The maximum atomic E-state index is 12.8. The summed E-state index contributed by atoms with van der Waals surface area (Å²) in [4.78, 5) is 15.6. The van der Waals surface area contributed by atoms with Gasteiger partial charge in [-0.2, -0.15) is 0 Å². The minimum atomic E-state index is 0. The highest BCUT2D eigenvalue weighted by Gasteiger charge is 2.46. The number of piperidine rings is 1. The van der Waals surface area contributed by atoms with Gasteiger partial charge in [0.05, 0.1) is 0 Å². The maximum absolute atomic E-state index is 12.8. The minimum Gasteiger partial charge on any atom is -0.350 e. The maximum Gasteiger partial charge on any atom is 0.251 e. The number of carbonyl (C=O) groups is 1. The molecule has 1 saturated heterocycles. The van der Waals surface area contributed by atoms with Gasteiger partial charge in [-0.05, 0) is 88.4 Å².